The van der Waals surface area contributed by atoms with Crippen LogP contribution < -0.4 is 5.73 Å². The van der Waals surface area contributed by atoms with Gasteiger partial charge in [0.1, 0.15) is 0 Å². The molecule has 2 N–H and O–H groups in total. The van der Waals surface area contributed by atoms with Crippen LogP contribution >= 0.6 is 0 Å². The van der Waals surface area contributed by atoms with E-state index in [1.807, 2.05) is 12.1 Å². The van der Waals surface area contributed by atoms with Crippen molar-refractivity contribution in [1.82, 2.24) is 15.1 Å². The van der Waals surface area contributed by atoms with Crippen molar-refractivity contribution < 1.29 is 4.52 Å². The molecule has 1 aliphatic rings. The number of hydrogen-bond donors (Lipinski definition) is 1. The average Bonchev–Trinajstić information content (AvgIpc) is 3.12. The van der Waals surface area contributed by atoms with Gasteiger partial charge in [-0.2, -0.15) is 4.98 Å². The summed E-state index contributed by atoms with van der Waals surface area (Å²) in [6, 6.07) is 3.87. The van der Waals surface area contributed by atoms with Crippen molar-refractivity contribution >= 4 is 0 Å². The number of hydrogen-bond acceptors (Lipinski definition) is 5. The number of nitrogens with zero attached hydrogens (tertiary/aromatic N) is 3. The first kappa shape index (κ1) is 10.4. The van der Waals surface area contributed by atoms with E-state index in [-0.39, 0.29) is 6.04 Å². The lowest BCUT2D eigenvalue weighted by molar-refractivity contribution is 0.364. The molecule has 1 atom stereocenters. The van der Waals surface area contributed by atoms with Crippen LogP contribution in [-0.2, 0) is 6.42 Å². The molecule has 0 radical (unpaired) electrons. The molecule has 2 aromatic heterocycles. The molecule has 1 fully saturated rings. The maximum atomic E-state index is 6.02. The lowest BCUT2D eigenvalue weighted by atomic mass is 10.1. The largest absolute Gasteiger partial charge is 0.339 e. The minimum Gasteiger partial charge on any atom is -0.339 e. The quantitative estimate of drug-likeness (QED) is 0.859. The maximum absolute atomic E-state index is 6.02. The van der Waals surface area contributed by atoms with Crippen molar-refractivity contribution in [2.75, 3.05) is 0 Å². The van der Waals surface area contributed by atoms with Gasteiger partial charge in [0.25, 0.3) is 0 Å². The molecular weight excluding hydrogens is 216 g/mol. The molecule has 0 bridgehead atoms. The third-order valence-corrected chi connectivity index (χ3v) is 3.04. The van der Waals surface area contributed by atoms with E-state index in [4.69, 9.17) is 10.3 Å². The minimum atomic E-state index is 0.153. The summed E-state index contributed by atoms with van der Waals surface area (Å²) in [6.07, 6.45) is 6.55. The van der Waals surface area contributed by atoms with Crippen LogP contribution in [0.15, 0.2) is 29.0 Å². The SMILES string of the molecule is NC(Cc1nc(-c2ccncc2)no1)C1CC1. The second-order valence-electron chi connectivity index (χ2n) is 4.45. The van der Waals surface area contributed by atoms with Gasteiger partial charge >= 0.3 is 0 Å². The Morgan fingerprint density at radius 3 is 2.82 bits per heavy atom. The van der Waals surface area contributed by atoms with Crippen molar-refractivity contribution in [2.45, 2.75) is 25.3 Å². The van der Waals surface area contributed by atoms with Gasteiger partial charge in [-0.05, 0) is 30.9 Å². The first-order chi connectivity index (χ1) is 8.33. The topological polar surface area (TPSA) is 77.8 Å². The lowest BCUT2D eigenvalue weighted by Crippen LogP contribution is -2.25. The van der Waals surface area contributed by atoms with E-state index in [0.29, 0.717) is 24.1 Å². The van der Waals surface area contributed by atoms with Crippen LogP contribution in [-0.4, -0.2) is 21.2 Å². The van der Waals surface area contributed by atoms with Crippen molar-refractivity contribution in [1.29, 1.82) is 0 Å². The van der Waals surface area contributed by atoms with Gasteiger partial charge in [-0.15, -0.1) is 0 Å². The van der Waals surface area contributed by atoms with Crippen LogP contribution in [0.1, 0.15) is 18.7 Å². The maximum Gasteiger partial charge on any atom is 0.228 e. The van der Waals surface area contributed by atoms with Gasteiger partial charge in [-0.25, -0.2) is 0 Å². The van der Waals surface area contributed by atoms with Crippen LogP contribution in [0.5, 0.6) is 0 Å². The van der Waals surface area contributed by atoms with Gasteiger partial charge in [0.2, 0.25) is 11.7 Å². The van der Waals surface area contributed by atoms with Crippen molar-refractivity contribution in [2.24, 2.45) is 11.7 Å². The van der Waals surface area contributed by atoms with Gasteiger partial charge in [0.05, 0.1) is 0 Å². The highest BCUT2D eigenvalue weighted by Gasteiger charge is 2.29. The molecule has 5 heteroatoms. The molecule has 1 unspecified atom stereocenters. The Balaban J connectivity index is 1.74. The molecule has 0 spiro atoms. The second kappa shape index (κ2) is 4.25. The van der Waals surface area contributed by atoms with Crippen molar-refractivity contribution in [3.8, 4) is 11.4 Å². The lowest BCUT2D eigenvalue weighted by Gasteiger charge is -2.04. The standard InChI is InChI=1S/C12H14N4O/c13-10(8-1-2-8)7-11-15-12(16-17-11)9-3-5-14-6-4-9/h3-6,8,10H,1-2,7,13H2. The normalized spacial score (nSPS) is 17.0. The summed E-state index contributed by atoms with van der Waals surface area (Å²) in [4.78, 5) is 8.30. The van der Waals surface area contributed by atoms with Gasteiger partial charge in [-0.3, -0.25) is 4.98 Å². The number of nitrogens with two attached hydrogens (primary N) is 1. The van der Waals surface area contributed by atoms with Crippen molar-refractivity contribution in [3.05, 3.63) is 30.4 Å². The first-order valence-electron chi connectivity index (χ1n) is 5.81. The predicted molar refractivity (Wildman–Crippen MR) is 61.9 cm³/mol. The second-order valence-corrected chi connectivity index (χ2v) is 4.45. The Kier molecular flexibility index (Phi) is 2.60. The Bertz CT molecular complexity index is 492. The Morgan fingerprint density at radius 2 is 2.12 bits per heavy atom. The highest BCUT2D eigenvalue weighted by Crippen LogP contribution is 2.32. The summed E-state index contributed by atoms with van der Waals surface area (Å²) >= 11 is 0. The molecule has 0 amide bonds. The number of aromatic nitrogens is 3. The monoisotopic (exact) mass is 230 g/mol. The molecule has 1 saturated carbocycles. The Hall–Kier alpha value is -1.75. The number of pyridine rings is 1. The molecule has 0 aromatic carbocycles. The smallest absolute Gasteiger partial charge is 0.228 e. The van der Waals surface area contributed by atoms with E-state index in [1.165, 1.54) is 12.8 Å². The Labute approximate surface area is 99.1 Å². The number of rotatable bonds is 4. The van der Waals surface area contributed by atoms with E-state index in [2.05, 4.69) is 15.1 Å². The highest BCUT2D eigenvalue weighted by molar-refractivity contribution is 5.52. The fourth-order valence-electron chi connectivity index (χ4n) is 1.85. The van der Waals surface area contributed by atoms with Gasteiger partial charge in [0.15, 0.2) is 0 Å². The molecule has 3 rings (SSSR count). The van der Waals surface area contributed by atoms with E-state index in [1.54, 1.807) is 12.4 Å². The summed E-state index contributed by atoms with van der Waals surface area (Å²) in [5, 5.41) is 3.95. The molecule has 88 valence electrons. The zero-order chi connectivity index (χ0) is 11.7. The first-order valence-corrected chi connectivity index (χ1v) is 5.81. The fourth-order valence-corrected chi connectivity index (χ4v) is 1.85. The highest BCUT2D eigenvalue weighted by atomic mass is 16.5. The van der Waals surface area contributed by atoms with E-state index in [9.17, 15) is 0 Å². The van der Waals surface area contributed by atoms with Gasteiger partial charge in [0, 0.05) is 30.4 Å². The molecule has 2 heterocycles. The van der Waals surface area contributed by atoms with Gasteiger partial charge < -0.3 is 10.3 Å². The molecule has 5 nitrogen and oxygen atoms in total. The third-order valence-electron chi connectivity index (χ3n) is 3.04. The van der Waals surface area contributed by atoms with Crippen molar-refractivity contribution in [3.63, 3.8) is 0 Å². The summed E-state index contributed by atoms with van der Waals surface area (Å²) in [5.74, 6) is 1.87. The molecule has 17 heavy (non-hydrogen) atoms. The predicted octanol–water partition coefficient (Wildman–Crippen LogP) is 1.41. The zero-order valence-corrected chi connectivity index (χ0v) is 9.41. The van der Waals surface area contributed by atoms with E-state index >= 15 is 0 Å². The fraction of sp³-hybridized carbons (Fsp3) is 0.417. The van der Waals surface area contributed by atoms with Crippen LogP contribution in [0.3, 0.4) is 0 Å². The summed E-state index contributed by atoms with van der Waals surface area (Å²) in [6.45, 7) is 0. The van der Waals surface area contributed by atoms with E-state index in [0.717, 1.165) is 5.56 Å². The van der Waals surface area contributed by atoms with Crippen LogP contribution in [0.2, 0.25) is 0 Å². The summed E-state index contributed by atoms with van der Waals surface area (Å²) in [5.41, 5.74) is 6.93. The van der Waals surface area contributed by atoms with Gasteiger partial charge in [-0.1, -0.05) is 5.16 Å². The average molecular weight is 230 g/mol. The van der Waals surface area contributed by atoms with Crippen LogP contribution in [0, 0.1) is 5.92 Å². The summed E-state index contributed by atoms with van der Waals surface area (Å²) < 4.78 is 5.21. The van der Waals surface area contributed by atoms with Crippen LogP contribution in [0.4, 0.5) is 0 Å². The minimum absolute atomic E-state index is 0.153. The molecule has 0 aliphatic heterocycles. The molecule has 0 saturated heterocycles. The Morgan fingerprint density at radius 1 is 1.35 bits per heavy atom. The zero-order valence-electron chi connectivity index (χ0n) is 9.41. The molecule has 2 aromatic rings. The van der Waals surface area contributed by atoms with E-state index < -0.39 is 0 Å². The summed E-state index contributed by atoms with van der Waals surface area (Å²) in [7, 11) is 0. The third kappa shape index (κ3) is 2.34. The molecule has 1 aliphatic carbocycles. The molecular formula is C12H14N4O. The van der Waals surface area contributed by atoms with Crippen LogP contribution in [0.25, 0.3) is 11.4 Å².